The summed E-state index contributed by atoms with van der Waals surface area (Å²) in [5, 5.41) is 9.05. The van der Waals surface area contributed by atoms with Gasteiger partial charge in [-0.3, -0.25) is 9.78 Å². The zero-order valence-corrected chi connectivity index (χ0v) is 10.3. The van der Waals surface area contributed by atoms with E-state index in [-0.39, 0.29) is 5.92 Å². The van der Waals surface area contributed by atoms with Crippen LogP contribution in [0, 0.1) is 5.92 Å². The Bertz CT molecular complexity index is 613. The van der Waals surface area contributed by atoms with Crippen LogP contribution in [0.4, 0.5) is 0 Å². The third kappa shape index (κ3) is 2.31. The first kappa shape index (κ1) is 11.8. The van der Waals surface area contributed by atoms with Crippen molar-refractivity contribution in [2.45, 2.75) is 19.3 Å². The van der Waals surface area contributed by atoms with Crippen LogP contribution < -0.4 is 0 Å². The Morgan fingerprint density at radius 3 is 2.84 bits per heavy atom. The highest BCUT2D eigenvalue weighted by atomic mass is 16.4. The van der Waals surface area contributed by atoms with E-state index in [0.29, 0.717) is 25.1 Å². The summed E-state index contributed by atoms with van der Waals surface area (Å²) < 4.78 is 0. The van der Waals surface area contributed by atoms with Crippen molar-refractivity contribution < 1.29 is 9.90 Å². The Morgan fingerprint density at radius 2 is 2.11 bits per heavy atom. The first-order valence-corrected chi connectivity index (χ1v) is 6.22. The van der Waals surface area contributed by atoms with Crippen molar-refractivity contribution in [1.29, 1.82) is 0 Å². The lowest BCUT2D eigenvalue weighted by Gasteiger charge is -2.20. The molecular formula is C14H13N3O2. The van der Waals surface area contributed by atoms with Gasteiger partial charge in [-0.05, 0) is 37.0 Å². The summed E-state index contributed by atoms with van der Waals surface area (Å²) in [6.45, 7) is 0. The maximum atomic E-state index is 11.0. The molecule has 0 aromatic carbocycles. The average molecular weight is 255 g/mol. The number of hydrogen-bond donors (Lipinski definition) is 1. The number of hydrogen-bond acceptors (Lipinski definition) is 4. The summed E-state index contributed by atoms with van der Waals surface area (Å²) in [6.07, 6.45) is 7.05. The van der Waals surface area contributed by atoms with Gasteiger partial charge in [-0.25, -0.2) is 9.97 Å². The molecule has 0 radical (unpaired) electrons. The van der Waals surface area contributed by atoms with Crippen molar-refractivity contribution >= 4 is 5.97 Å². The zero-order chi connectivity index (χ0) is 13.2. The molecular weight excluding hydrogens is 242 g/mol. The van der Waals surface area contributed by atoms with Crippen molar-refractivity contribution in [3.63, 3.8) is 0 Å². The number of nitrogens with zero attached hydrogens (tertiary/aromatic N) is 3. The van der Waals surface area contributed by atoms with Crippen LogP contribution in [0.3, 0.4) is 0 Å². The van der Waals surface area contributed by atoms with Crippen LogP contribution in [0.2, 0.25) is 0 Å². The highest BCUT2D eigenvalue weighted by Gasteiger charge is 2.25. The molecule has 2 aromatic rings. The maximum Gasteiger partial charge on any atom is 0.306 e. The van der Waals surface area contributed by atoms with Crippen molar-refractivity contribution in [2.24, 2.45) is 5.92 Å². The standard InChI is InChI=1S/C14H13N3O2/c18-14(19)10-1-2-12-11(7-10)8-16-13(17-12)9-3-5-15-6-4-9/h3-6,8,10H,1-2,7H2,(H,18,19). The van der Waals surface area contributed by atoms with E-state index in [1.807, 2.05) is 12.1 Å². The molecule has 1 aliphatic carbocycles. The SMILES string of the molecule is O=C(O)C1CCc2nc(-c3ccncc3)ncc2C1. The number of carboxylic acids is 1. The van der Waals surface area contributed by atoms with Crippen LogP contribution >= 0.6 is 0 Å². The first-order valence-electron chi connectivity index (χ1n) is 6.22. The largest absolute Gasteiger partial charge is 0.481 e. The van der Waals surface area contributed by atoms with Gasteiger partial charge in [0.2, 0.25) is 0 Å². The van der Waals surface area contributed by atoms with Crippen LogP contribution in [0.15, 0.2) is 30.7 Å². The normalized spacial score (nSPS) is 17.8. The van der Waals surface area contributed by atoms with E-state index < -0.39 is 5.97 Å². The fourth-order valence-corrected chi connectivity index (χ4v) is 2.36. The smallest absolute Gasteiger partial charge is 0.306 e. The molecule has 1 N–H and O–H groups in total. The highest BCUT2D eigenvalue weighted by molar-refractivity contribution is 5.71. The van der Waals surface area contributed by atoms with E-state index in [0.717, 1.165) is 16.8 Å². The summed E-state index contributed by atoms with van der Waals surface area (Å²) in [4.78, 5) is 23.8. The molecule has 0 saturated carbocycles. The molecule has 0 spiro atoms. The van der Waals surface area contributed by atoms with Gasteiger partial charge in [0.05, 0.1) is 5.92 Å². The van der Waals surface area contributed by atoms with Crippen LogP contribution in [0.5, 0.6) is 0 Å². The minimum absolute atomic E-state index is 0.303. The topological polar surface area (TPSA) is 76.0 Å². The molecule has 96 valence electrons. The third-order valence-electron chi connectivity index (χ3n) is 3.44. The zero-order valence-electron chi connectivity index (χ0n) is 10.3. The molecule has 0 aliphatic heterocycles. The van der Waals surface area contributed by atoms with Crippen LogP contribution in [-0.4, -0.2) is 26.0 Å². The number of pyridine rings is 1. The molecule has 2 aromatic heterocycles. The number of carbonyl (C=O) groups is 1. The Kier molecular flexibility index (Phi) is 2.95. The van der Waals surface area contributed by atoms with E-state index in [1.54, 1.807) is 18.6 Å². The first-order chi connectivity index (χ1) is 9.24. The predicted octanol–water partition coefficient (Wildman–Crippen LogP) is 1.73. The average Bonchev–Trinajstić information content (AvgIpc) is 2.47. The van der Waals surface area contributed by atoms with Crippen molar-refractivity contribution in [3.8, 4) is 11.4 Å². The molecule has 1 unspecified atom stereocenters. The number of aryl methyl sites for hydroxylation is 1. The minimum atomic E-state index is -0.733. The van der Waals surface area contributed by atoms with Crippen LogP contribution in [-0.2, 0) is 17.6 Å². The quantitative estimate of drug-likeness (QED) is 0.884. The molecule has 0 fully saturated rings. The molecule has 2 heterocycles. The second-order valence-corrected chi connectivity index (χ2v) is 4.68. The van der Waals surface area contributed by atoms with Gasteiger partial charge in [0.1, 0.15) is 0 Å². The molecule has 3 rings (SSSR count). The lowest BCUT2D eigenvalue weighted by Crippen LogP contribution is -2.23. The molecule has 19 heavy (non-hydrogen) atoms. The number of aliphatic carboxylic acids is 1. The van der Waals surface area contributed by atoms with Gasteiger partial charge < -0.3 is 5.11 Å². The van der Waals surface area contributed by atoms with Crippen molar-refractivity contribution in [1.82, 2.24) is 15.0 Å². The molecule has 5 heteroatoms. The number of aromatic nitrogens is 3. The monoisotopic (exact) mass is 255 g/mol. The summed E-state index contributed by atoms with van der Waals surface area (Å²) in [5.74, 6) is -0.360. The number of rotatable bonds is 2. The van der Waals surface area contributed by atoms with E-state index in [9.17, 15) is 4.79 Å². The molecule has 0 saturated heterocycles. The molecule has 1 aliphatic rings. The molecule has 5 nitrogen and oxygen atoms in total. The third-order valence-corrected chi connectivity index (χ3v) is 3.44. The fraction of sp³-hybridized carbons (Fsp3) is 0.286. The molecule has 0 bridgehead atoms. The maximum absolute atomic E-state index is 11.0. The Morgan fingerprint density at radius 1 is 1.32 bits per heavy atom. The van der Waals surface area contributed by atoms with E-state index in [1.165, 1.54) is 0 Å². The summed E-state index contributed by atoms with van der Waals surface area (Å²) in [7, 11) is 0. The number of fused-ring (bicyclic) bond motifs is 1. The Hall–Kier alpha value is -2.30. The highest BCUT2D eigenvalue weighted by Crippen LogP contribution is 2.25. The second-order valence-electron chi connectivity index (χ2n) is 4.68. The van der Waals surface area contributed by atoms with Crippen molar-refractivity contribution in [3.05, 3.63) is 42.0 Å². The Balaban J connectivity index is 1.92. The van der Waals surface area contributed by atoms with Crippen LogP contribution in [0.25, 0.3) is 11.4 Å². The lowest BCUT2D eigenvalue weighted by molar-refractivity contribution is -0.142. The van der Waals surface area contributed by atoms with Gasteiger partial charge in [-0.2, -0.15) is 0 Å². The van der Waals surface area contributed by atoms with Crippen molar-refractivity contribution in [2.75, 3.05) is 0 Å². The van der Waals surface area contributed by atoms with E-state index in [2.05, 4.69) is 15.0 Å². The Labute approximate surface area is 110 Å². The predicted molar refractivity (Wildman–Crippen MR) is 68.4 cm³/mol. The number of carboxylic acid groups (broad SMARTS) is 1. The lowest BCUT2D eigenvalue weighted by atomic mass is 9.87. The second kappa shape index (κ2) is 4.76. The molecule has 0 amide bonds. The van der Waals surface area contributed by atoms with Gasteiger partial charge in [0, 0.05) is 29.8 Å². The van der Waals surface area contributed by atoms with Gasteiger partial charge >= 0.3 is 5.97 Å². The summed E-state index contributed by atoms with van der Waals surface area (Å²) >= 11 is 0. The van der Waals surface area contributed by atoms with Gasteiger partial charge in [0.15, 0.2) is 5.82 Å². The van der Waals surface area contributed by atoms with Gasteiger partial charge in [0.25, 0.3) is 0 Å². The van der Waals surface area contributed by atoms with Gasteiger partial charge in [-0.1, -0.05) is 0 Å². The molecule has 1 atom stereocenters. The summed E-state index contributed by atoms with van der Waals surface area (Å²) in [5.41, 5.74) is 2.86. The fourth-order valence-electron chi connectivity index (χ4n) is 2.36. The summed E-state index contributed by atoms with van der Waals surface area (Å²) in [6, 6.07) is 3.73. The van der Waals surface area contributed by atoms with E-state index in [4.69, 9.17) is 5.11 Å². The van der Waals surface area contributed by atoms with Gasteiger partial charge in [-0.15, -0.1) is 0 Å². The van der Waals surface area contributed by atoms with Crippen LogP contribution in [0.1, 0.15) is 17.7 Å². The minimum Gasteiger partial charge on any atom is -0.481 e. The van der Waals surface area contributed by atoms with E-state index >= 15 is 0 Å².